The molecule has 0 aliphatic heterocycles. The standard InChI is InChI=1S/C30H46O3/c1-19(9-8-10-20(2)26(32)33)21-13-17-30(7)23-11-12-24-27(3,4)25(31)15-16-28(24,5)22(23)14-18-29(21,30)6/h10,19,21,24H,8-9,11-18H2,1-7H3,(H,32,33)/b20-10-/t19-,21?,24?,28+,29-,30+/m0/s1. The van der Waals surface area contributed by atoms with Gasteiger partial charge in [0.15, 0.2) is 0 Å². The summed E-state index contributed by atoms with van der Waals surface area (Å²) in [6, 6.07) is 0. The van der Waals surface area contributed by atoms with Crippen molar-refractivity contribution in [1.82, 2.24) is 0 Å². The van der Waals surface area contributed by atoms with Crippen molar-refractivity contribution < 1.29 is 14.7 Å². The monoisotopic (exact) mass is 454 g/mol. The molecular formula is C30H46O3. The average molecular weight is 455 g/mol. The Kier molecular flexibility index (Phi) is 6.07. The first-order valence-electron chi connectivity index (χ1n) is 13.5. The molecule has 2 fully saturated rings. The first kappa shape index (κ1) is 24.7. The number of carbonyl (C=O) groups excluding carboxylic acids is 1. The normalized spacial score (nSPS) is 41.3. The van der Waals surface area contributed by atoms with Gasteiger partial charge in [-0.25, -0.2) is 4.79 Å². The summed E-state index contributed by atoms with van der Waals surface area (Å²) < 4.78 is 0. The Hall–Kier alpha value is -1.38. The van der Waals surface area contributed by atoms with Crippen molar-refractivity contribution in [3.05, 3.63) is 22.8 Å². The molecule has 1 N–H and O–H groups in total. The number of carboxylic acids is 1. The number of Topliss-reactive ketones (excluding diaryl/α,β-unsaturated/α-hetero) is 1. The van der Waals surface area contributed by atoms with E-state index in [-0.39, 0.29) is 16.2 Å². The molecule has 0 radical (unpaired) electrons. The second kappa shape index (κ2) is 8.09. The van der Waals surface area contributed by atoms with Crippen LogP contribution >= 0.6 is 0 Å². The van der Waals surface area contributed by atoms with E-state index < -0.39 is 5.97 Å². The molecule has 0 bridgehead atoms. The summed E-state index contributed by atoms with van der Waals surface area (Å²) in [5.41, 5.74) is 4.58. The molecule has 4 rings (SSSR count). The molecule has 33 heavy (non-hydrogen) atoms. The topological polar surface area (TPSA) is 54.4 Å². The molecule has 4 aliphatic rings. The molecule has 0 aromatic heterocycles. The van der Waals surface area contributed by atoms with E-state index in [0.29, 0.717) is 34.5 Å². The number of fused-ring (bicyclic) bond motifs is 4. The summed E-state index contributed by atoms with van der Waals surface area (Å²) in [5, 5.41) is 9.16. The van der Waals surface area contributed by atoms with Crippen LogP contribution in [-0.4, -0.2) is 16.9 Å². The van der Waals surface area contributed by atoms with E-state index in [9.17, 15) is 9.59 Å². The van der Waals surface area contributed by atoms with Gasteiger partial charge >= 0.3 is 5.97 Å². The van der Waals surface area contributed by atoms with E-state index in [1.165, 1.54) is 38.5 Å². The summed E-state index contributed by atoms with van der Waals surface area (Å²) in [4.78, 5) is 23.9. The zero-order valence-corrected chi connectivity index (χ0v) is 22.1. The highest BCUT2D eigenvalue weighted by Gasteiger charge is 2.63. The summed E-state index contributed by atoms with van der Waals surface area (Å²) in [7, 11) is 0. The number of allylic oxidation sites excluding steroid dienone is 3. The number of aliphatic carboxylic acids is 1. The highest BCUT2D eigenvalue weighted by molar-refractivity contribution is 5.86. The first-order chi connectivity index (χ1) is 15.3. The lowest BCUT2D eigenvalue weighted by molar-refractivity contribution is -0.139. The number of rotatable bonds is 5. The maximum atomic E-state index is 12.8. The molecule has 2 unspecified atom stereocenters. The number of carboxylic acid groups (broad SMARTS) is 1. The van der Waals surface area contributed by atoms with Crippen LogP contribution in [0.5, 0.6) is 0 Å². The van der Waals surface area contributed by atoms with Crippen molar-refractivity contribution in [1.29, 1.82) is 0 Å². The second-order valence-corrected chi connectivity index (χ2v) is 13.3. The highest BCUT2D eigenvalue weighted by Crippen LogP contribution is 2.72. The van der Waals surface area contributed by atoms with E-state index in [1.54, 1.807) is 18.1 Å². The lowest BCUT2D eigenvalue weighted by Crippen LogP contribution is -2.53. The van der Waals surface area contributed by atoms with Crippen LogP contribution in [0.2, 0.25) is 0 Å². The second-order valence-electron chi connectivity index (χ2n) is 13.3. The maximum absolute atomic E-state index is 12.8. The lowest BCUT2D eigenvalue weighted by Gasteiger charge is -2.61. The number of hydrogen-bond acceptors (Lipinski definition) is 2. The van der Waals surface area contributed by atoms with Crippen molar-refractivity contribution in [3.8, 4) is 0 Å². The Morgan fingerprint density at radius 3 is 2.39 bits per heavy atom. The quantitative estimate of drug-likeness (QED) is 0.341. The van der Waals surface area contributed by atoms with Crippen LogP contribution in [0.4, 0.5) is 0 Å². The molecule has 6 atom stereocenters. The molecule has 4 aliphatic carbocycles. The van der Waals surface area contributed by atoms with Crippen LogP contribution in [0.15, 0.2) is 22.8 Å². The van der Waals surface area contributed by atoms with Crippen LogP contribution in [0.3, 0.4) is 0 Å². The van der Waals surface area contributed by atoms with E-state index in [4.69, 9.17) is 5.11 Å². The van der Waals surface area contributed by atoms with Gasteiger partial charge in [0, 0.05) is 17.4 Å². The number of ketones is 1. The smallest absolute Gasteiger partial charge is 0.330 e. The van der Waals surface area contributed by atoms with Crippen LogP contribution in [0, 0.1) is 39.4 Å². The fourth-order valence-corrected chi connectivity index (χ4v) is 9.29. The van der Waals surface area contributed by atoms with Gasteiger partial charge < -0.3 is 5.11 Å². The molecule has 2 saturated carbocycles. The Morgan fingerprint density at radius 1 is 1.03 bits per heavy atom. The van der Waals surface area contributed by atoms with Crippen LogP contribution in [0.25, 0.3) is 0 Å². The average Bonchev–Trinajstić information content (AvgIpc) is 3.02. The minimum absolute atomic E-state index is 0.193. The fraction of sp³-hybridized carbons (Fsp3) is 0.800. The highest BCUT2D eigenvalue weighted by atomic mass is 16.4. The van der Waals surface area contributed by atoms with Crippen LogP contribution in [-0.2, 0) is 9.59 Å². The number of hydrogen-bond donors (Lipinski definition) is 1. The van der Waals surface area contributed by atoms with E-state index in [1.807, 2.05) is 6.08 Å². The van der Waals surface area contributed by atoms with Gasteiger partial charge in [0.2, 0.25) is 0 Å². The van der Waals surface area contributed by atoms with Crippen molar-refractivity contribution >= 4 is 11.8 Å². The summed E-state index contributed by atoms with van der Waals surface area (Å²) in [6.07, 6.45) is 13.0. The van der Waals surface area contributed by atoms with Gasteiger partial charge in [0.25, 0.3) is 0 Å². The van der Waals surface area contributed by atoms with E-state index >= 15 is 0 Å². The van der Waals surface area contributed by atoms with Crippen molar-refractivity contribution in [2.75, 3.05) is 0 Å². The largest absolute Gasteiger partial charge is 0.478 e. The molecule has 0 aromatic carbocycles. The Morgan fingerprint density at radius 2 is 1.73 bits per heavy atom. The van der Waals surface area contributed by atoms with Gasteiger partial charge in [-0.2, -0.15) is 0 Å². The van der Waals surface area contributed by atoms with Gasteiger partial charge in [0.05, 0.1) is 0 Å². The minimum atomic E-state index is -0.800. The molecule has 3 nitrogen and oxygen atoms in total. The van der Waals surface area contributed by atoms with Gasteiger partial charge in [0.1, 0.15) is 5.78 Å². The maximum Gasteiger partial charge on any atom is 0.330 e. The zero-order chi connectivity index (χ0) is 24.4. The van der Waals surface area contributed by atoms with Gasteiger partial charge in [-0.05, 0) is 98.7 Å². The molecule has 3 heteroatoms. The Labute approximate surface area is 201 Å². The van der Waals surface area contributed by atoms with E-state index in [2.05, 4.69) is 41.5 Å². The summed E-state index contributed by atoms with van der Waals surface area (Å²) in [6.45, 7) is 16.2. The number of carbonyl (C=O) groups is 2. The third kappa shape index (κ3) is 3.50. The molecule has 0 amide bonds. The van der Waals surface area contributed by atoms with E-state index in [0.717, 1.165) is 25.7 Å². The molecular weight excluding hydrogens is 408 g/mol. The van der Waals surface area contributed by atoms with Crippen molar-refractivity contribution in [2.45, 2.75) is 113 Å². The van der Waals surface area contributed by atoms with Gasteiger partial charge in [-0.15, -0.1) is 0 Å². The van der Waals surface area contributed by atoms with Gasteiger partial charge in [-0.1, -0.05) is 58.8 Å². The molecule has 0 spiro atoms. The fourth-order valence-electron chi connectivity index (χ4n) is 9.29. The van der Waals surface area contributed by atoms with Gasteiger partial charge in [-0.3, -0.25) is 4.79 Å². The molecule has 184 valence electrons. The third-order valence-electron chi connectivity index (χ3n) is 11.7. The zero-order valence-electron chi connectivity index (χ0n) is 22.1. The lowest BCUT2D eigenvalue weighted by atomic mass is 9.43. The Balaban J connectivity index is 1.61. The summed E-state index contributed by atoms with van der Waals surface area (Å²) in [5.74, 6) is 1.47. The predicted octanol–water partition coefficient (Wildman–Crippen LogP) is 7.75. The van der Waals surface area contributed by atoms with Crippen molar-refractivity contribution in [2.24, 2.45) is 39.4 Å². The van der Waals surface area contributed by atoms with Crippen LogP contribution in [0.1, 0.15) is 113 Å². The molecule has 0 saturated heterocycles. The molecule has 0 heterocycles. The summed E-state index contributed by atoms with van der Waals surface area (Å²) >= 11 is 0. The third-order valence-corrected chi connectivity index (χ3v) is 11.7. The molecule has 0 aromatic rings. The minimum Gasteiger partial charge on any atom is -0.478 e. The van der Waals surface area contributed by atoms with Crippen molar-refractivity contribution in [3.63, 3.8) is 0 Å². The first-order valence-corrected chi connectivity index (χ1v) is 13.5. The Bertz CT molecular complexity index is 908. The SMILES string of the molecule is C/C(=C/CC[C@H](C)C1CC[C@]2(C)C3=C(CC[C@@]12C)[C@@]1(C)CCC(=O)C(C)(C)C1CC3)C(=O)O. The predicted molar refractivity (Wildman–Crippen MR) is 134 cm³/mol. The van der Waals surface area contributed by atoms with Crippen LogP contribution < -0.4 is 0 Å².